The summed E-state index contributed by atoms with van der Waals surface area (Å²) in [4.78, 5) is 0. The van der Waals surface area contributed by atoms with E-state index in [0.29, 0.717) is 6.04 Å². The molecule has 0 aromatic carbocycles. The van der Waals surface area contributed by atoms with Gasteiger partial charge in [-0.15, -0.1) is 0 Å². The molecule has 2 unspecified atom stereocenters. The number of furan rings is 1. The number of ether oxygens (including phenoxy) is 1. The topological polar surface area (TPSA) is 34.4 Å². The molecule has 0 spiro atoms. The molecule has 2 atom stereocenters. The van der Waals surface area contributed by atoms with Gasteiger partial charge in [-0.2, -0.15) is 0 Å². The molecule has 96 valence electrons. The minimum Gasteiger partial charge on any atom is -0.472 e. The smallest absolute Gasteiger partial charge is 0.0935 e. The second kappa shape index (κ2) is 5.69. The molecule has 1 saturated heterocycles. The molecule has 2 heterocycles. The molecule has 3 nitrogen and oxygen atoms in total. The van der Waals surface area contributed by atoms with Gasteiger partial charge >= 0.3 is 0 Å². The van der Waals surface area contributed by atoms with Crippen LogP contribution in [0.15, 0.2) is 23.0 Å². The third kappa shape index (κ3) is 3.11. The van der Waals surface area contributed by atoms with Crippen molar-refractivity contribution >= 4 is 0 Å². The van der Waals surface area contributed by atoms with Crippen molar-refractivity contribution in [2.75, 3.05) is 13.2 Å². The Morgan fingerprint density at radius 1 is 1.53 bits per heavy atom. The molecule has 0 radical (unpaired) electrons. The lowest BCUT2D eigenvalue weighted by atomic mass is 9.89. The van der Waals surface area contributed by atoms with E-state index in [1.54, 1.807) is 6.26 Å². The van der Waals surface area contributed by atoms with Crippen LogP contribution in [0.2, 0.25) is 0 Å². The number of hydrogen-bond acceptors (Lipinski definition) is 3. The van der Waals surface area contributed by atoms with Crippen molar-refractivity contribution in [3.05, 3.63) is 24.2 Å². The Hall–Kier alpha value is -0.800. The zero-order valence-electron chi connectivity index (χ0n) is 10.9. The van der Waals surface area contributed by atoms with Gasteiger partial charge in [-0.25, -0.2) is 0 Å². The van der Waals surface area contributed by atoms with Crippen LogP contribution in [-0.2, 0) is 11.2 Å². The summed E-state index contributed by atoms with van der Waals surface area (Å²) in [6.07, 6.45) is 8.02. The molecule has 1 aromatic heterocycles. The molecular weight excluding hydrogens is 214 g/mol. The minimum absolute atomic E-state index is 0.0214. The molecule has 1 aromatic rings. The first-order valence-electron chi connectivity index (χ1n) is 6.63. The summed E-state index contributed by atoms with van der Waals surface area (Å²) in [5.41, 5.74) is 1.22. The highest BCUT2D eigenvalue weighted by atomic mass is 16.5. The van der Waals surface area contributed by atoms with Gasteiger partial charge in [-0.05, 0) is 50.8 Å². The number of hydrogen-bond donors (Lipinski definition) is 1. The van der Waals surface area contributed by atoms with Crippen molar-refractivity contribution in [3.63, 3.8) is 0 Å². The van der Waals surface area contributed by atoms with Crippen LogP contribution in [0.4, 0.5) is 0 Å². The average molecular weight is 237 g/mol. The molecular formula is C14H23NO2. The lowest BCUT2D eigenvalue weighted by Gasteiger charge is -2.34. The highest BCUT2D eigenvalue weighted by molar-refractivity contribution is 5.10. The summed E-state index contributed by atoms with van der Waals surface area (Å²) in [5.74, 6) is 0. The fourth-order valence-corrected chi connectivity index (χ4v) is 2.54. The van der Waals surface area contributed by atoms with Crippen LogP contribution in [-0.4, -0.2) is 24.8 Å². The summed E-state index contributed by atoms with van der Waals surface area (Å²) in [7, 11) is 0. The maximum Gasteiger partial charge on any atom is 0.0935 e. The predicted molar refractivity (Wildman–Crippen MR) is 68.1 cm³/mol. The van der Waals surface area contributed by atoms with E-state index in [-0.39, 0.29) is 5.60 Å². The molecule has 0 saturated carbocycles. The van der Waals surface area contributed by atoms with Gasteiger partial charge in [-0.1, -0.05) is 6.92 Å². The van der Waals surface area contributed by atoms with Gasteiger partial charge in [0.25, 0.3) is 0 Å². The Bertz CT molecular complexity index is 315. The van der Waals surface area contributed by atoms with Crippen molar-refractivity contribution in [1.29, 1.82) is 0 Å². The molecule has 3 heteroatoms. The lowest BCUT2D eigenvalue weighted by Crippen LogP contribution is -2.50. The van der Waals surface area contributed by atoms with Crippen LogP contribution in [0.1, 0.15) is 38.7 Å². The number of nitrogens with one attached hydrogen (secondary N) is 1. The maximum atomic E-state index is 5.96. The minimum atomic E-state index is -0.0214. The van der Waals surface area contributed by atoms with Crippen molar-refractivity contribution in [2.45, 2.75) is 51.2 Å². The van der Waals surface area contributed by atoms with Gasteiger partial charge in [0, 0.05) is 12.6 Å². The van der Waals surface area contributed by atoms with Gasteiger partial charge in [-0.3, -0.25) is 0 Å². The fraction of sp³-hybridized carbons (Fsp3) is 0.714. The summed E-state index contributed by atoms with van der Waals surface area (Å²) in [6.45, 7) is 6.36. The molecule has 2 rings (SSSR count). The van der Waals surface area contributed by atoms with Crippen LogP contribution >= 0.6 is 0 Å². The average Bonchev–Trinajstić information content (AvgIpc) is 2.96. The van der Waals surface area contributed by atoms with E-state index in [1.807, 2.05) is 12.3 Å². The molecule has 1 aliphatic heterocycles. The summed E-state index contributed by atoms with van der Waals surface area (Å²) < 4.78 is 11.1. The van der Waals surface area contributed by atoms with E-state index < -0.39 is 0 Å². The molecule has 17 heavy (non-hydrogen) atoms. The normalized spacial score (nSPS) is 26.2. The van der Waals surface area contributed by atoms with E-state index in [1.165, 1.54) is 12.0 Å². The zero-order chi connectivity index (χ0) is 12.1. The van der Waals surface area contributed by atoms with Crippen molar-refractivity contribution in [3.8, 4) is 0 Å². The van der Waals surface area contributed by atoms with Crippen LogP contribution < -0.4 is 5.32 Å². The van der Waals surface area contributed by atoms with Gasteiger partial charge in [0.15, 0.2) is 0 Å². The maximum absolute atomic E-state index is 5.96. The fourth-order valence-electron chi connectivity index (χ4n) is 2.54. The monoisotopic (exact) mass is 237 g/mol. The quantitative estimate of drug-likeness (QED) is 0.826. The van der Waals surface area contributed by atoms with E-state index in [4.69, 9.17) is 9.15 Å². The second-order valence-electron chi connectivity index (χ2n) is 5.11. The summed E-state index contributed by atoms with van der Waals surface area (Å²) >= 11 is 0. The largest absolute Gasteiger partial charge is 0.472 e. The molecule has 1 fully saturated rings. The first-order chi connectivity index (χ1) is 8.24. The van der Waals surface area contributed by atoms with Crippen molar-refractivity contribution in [2.24, 2.45) is 0 Å². The van der Waals surface area contributed by atoms with Crippen LogP contribution in [0.25, 0.3) is 0 Å². The van der Waals surface area contributed by atoms with Crippen molar-refractivity contribution in [1.82, 2.24) is 5.32 Å². The summed E-state index contributed by atoms with van der Waals surface area (Å²) in [5, 5.41) is 3.62. The second-order valence-corrected chi connectivity index (χ2v) is 5.11. The Kier molecular flexibility index (Phi) is 4.24. The Morgan fingerprint density at radius 2 is 2.41 bits per heavy atom. The van der Waals surface area contributed by atoms with Crippen molar-refractivity contribution < 1.29 is 9.15 Å². The molecule has 1 aliphatic rings. The van der Waals surface area contributed by atoms with E-state index in [9.17, 15) is 0 Å². The van der Waals surface area contributed by atoms with E-state index >= 15 is 0 Å². The highest BCUT2D eigenvalue weighted by Crippen LogP contribution is 2.30. The molecule has 0 bridgehead atoms. The molecule has 0 amide bonds. The Labute approximate surface area is 104 Å². The van der Waals surface area contributed by atoms with Gasteiger partial charge < -0.3 is 14.5 Å². The highest BCUT2D eigenvalue weighted by Gasteiger charge is 2.38. The van der Waals surface area contributed by atoms with Crippen LogP contribution in [0.5, 0.6) is 0 Å². The van der Waals surface area contributed by atoms with Gasteiger partial charge in [0.2, 0.25) is 0 Å². The Morgan fingerprint density at radius 3 is 3.00 bits per heavy atom. The lowest BCUT2D eigenvalue weighted by molar-refractivity contribution is -0.0114. The predicted octanol–water partition coefficient (Wildman–Crippen LogP) is 2.76. The molecule has 1 N–H and O–H groups in total. The first-order valence-corrected chi connectivity index (χ1v) is 6.63. The third-order valence-electron chi connectivity index (χ3n) is 3.65. The van der Waals surface area contributed by atoms with E-state index in [0.717, 1.165) is 32.4 Å². The van der Waals surface area contributed by atoms with Gasteiger partial charge in [0.1, 0.15) is 0 Å². The SMILES string of the molecule is CCCNC(Cc1ccoc1)C1(C)CCCO1. The third-order valence-corrected chi connectivity index (χ3v) is 3.65. The standard InChI is InChI=1S/C14H23NO2/c1-3-7-15-13(10-12-5-9-16-11-12)14(2)6-4-8-17-14/h5,9,11,13,15H,3-4,6-8,10H2,1-2H3. The molecule has 0 aliphatic carbocycles. The van der Waals surface area contributed by atoms with E-state index in [2.05, 4.69) is 19.2 Å². The van der Waals surface area contributed by atoms with Crippen LogP contribution in [0.3, 0.4) is 0 Å². The van der Waals surface area contributed by atoms with Crippen LogP contribution in [0, 0.1) is 0 Å². The first kappa shape index (κ1) is 12.7. The number of rotatable bonds is 6. The summed E-state index contributed by atoms with van der Waals surface area (Å²) in [6, 6.07) is 2.42. The van der Waals surface area contributed by atoms with Gasteiger partial charge in [0.05, 0.1) is 18.1 Å². The zero-order valence-corrected chi connectivity index (χ0v) is 10.9. The Balaban J connectivity index is 2.02.